The van der Waals surface area contributed by atoms with Crippen molar-refractivity contribution in [1.82, 2.24) is 20.1 Å². The molecule has 0 radical (unpaired) electrons. The van der Waals surface area contributed by atoms with Crippen LogP contribution in [0, 0.1) is 0 Å². The molecule has 4 rings (SSSR count). The standard InChI is InChI=1S/C17H21N5O/c1-12-10-21(15-7-3-2-6-14(12)15)17(23)16-19-11-22(20-16)13-5-4-8-18-9-13/h2-3,6-7,11-13,18H,4-5,8-10H2,1H3/t12-,13+/m1/s1. The van der Waals surface area contributed by atoms with Gasteiger partial charge in [-0.1, -0.05) is 25.1 Å². The highest BCUT2D eigenvalue weighted by Crippen LogP contribution is 2.36. The van der Waals surface area contributed by atoms with Gasteiger partial charge in [-0.25, -0.2) is 9.67 Å². The lowest BCUT2D eigenvalue weighted by Crippen LogP contribution is -2.33. The van der Waals surface area contributed by atoms with Crippen molar-refractivity contribution in [2.45, 2.75) is 31.7 Å². The predicted octanol–water partition coefficient (Wildman–Crippen LogP) is 1.97. The van der Waals surface area contributed by atoms with Crippen LogP contribution in [0.4, 0.5) is 5.69 Å². The van der Waals surface area contributed by atoms with Gasteiger partial charge in [0.15, 0.2) is 0 Å². The Morgan fingerprint density at radius 1 is 1.35 bits per heavy atom. The number of rotatable bonds is 2. The topological polar surface area (TPSA) is 63.1 Å². The lowest BCUT2D eigenvalue weighted by Gasteiger charge is -2.22. The summed E-state index contributed by atoms with van der Waals surface area (Å²) in [5.41, 5.74) is 2.21. The van der Waals surface area contributed by atoms with E-state index in [4.69, 9.17) is 0 Å². The minimum Gasteiger partial charge on any atom is -0.315 e. The van der Waals surface area contributed by atoms with Crippen LogP contribution in [-0.4, -0.2) is 40.3 Å². The van der Waals surface area contributed by atoms with Crippen LogP contribution in [0.15, 0.2) is 30.6 Å². The van der Waals surface area contributed by atoms with Crippen LogP contribution in [0.5, 0.6) is 0 Å². The van der Waals surface area contributed by atoms with Gasteiger partial charge < -0.3 is 10.2 Å². The van der Waals surface area contributed by atoms with E-state index in [0.29, 0.717) is 24.3 Å². The Hall–Kier alpha value is -2.21. The molecular formula is C17H21N5O. The SMILES string of the molecule is C[C@@H]1CN(C(=O)c2ncn([C@H]3CCCNC3)n2)c2ccccc21. The fourth-order valence-corrected chi connectivity index (χ4v) is 3.54. The molecular weight excluding hydrogens is 290 g/mol. The number of amides is 1. The van der Waals surface area contributed by atoms with Crippen molar-refractivity contribution in [3.8, 4) is 0 Å². The molecule has 0 unspecified atom stereocenters. The maximum Gasteiger partial charge on any atom is 0.297 e. The highest BCUT2D eigenvalue weighted by molar-refractivity contribution is 6.05. The first-order valence-electron chi connectivity index (χ1n) is 8.26. The van der Waals surface area contributed by atoms with E-state index in [9.17, 15) is 4.79 Å². The molecule has 0 aliphatic carbocycles. The summed E-state index contributed by atoms with van der Waals surface area (Å²) in [6, 6.07) is 8.37. The number of aromatic nitrogens is 3. The van der Waals surface area contributed by atoms with Crippen LogP contribution in [0.1, 0.15) is 47.9 Å². The first kappa shape index (κ1) is 14.4. The van der Waals surface area contributed by atoms with E-state index >= 15 is 0 Å². The van der Waals surface area contributed by atoms with E-state index in [1.54, 1.807) is 11.2 Å². The smallest absolute Gasteiger partial charge is 0.297 e. The van der Waals surface area contributed by atoms with Crippen molar-refractivity contribution in [2.75, 3.05) is 24.5 Å². The van der Waals surface area contributed by atoms with Gasteiger partial charge in [0.1, 0.15) is 6.33 Å². The fraction of sp³-hybridized carbons (Fsp3) is 0.471. The Morgan fingerprint density at radius 3 is 3.04 bits per heavy atom. The fourth-order valence-electron chi connectivity index (χ4n) is 3.54. The molecule has 120 valence electrons. The maximum atomic E-state index is 12.8. The van der Waals surface area contributed by atoms with Gasteiger partial charge in [0.05, 0.1) is 6.04 Å². The van der Waals surface area contributed by atoms with Crippen molar-refractivity contribution in [1.29, 1.82) is 0 Å². The molecule has 0 bridgehead atoms. The van der Waals surface area contributed by atoms with Crippen molar-refractivity contribution in [3.05, 3.63) is 42.0 Å². The van der Waals surface area contributed by atoms with Crippen LogP contribution < -0.4 is 10.2 Å². The minimum atomic E-state index is -0.107. The molecule has 1 fully saturated rings. The Bertz CT molecular complexity index is 719. The number of benzene rings is 1. The highest BCUT2D eigenvalue weighted by atomic mass is 16.2. The zero-order valence-electron chi connectivity index (χ0n) is 13.3. The number of hydrogen-bond acceptors (Lipinski definition) is 4. The molecule has 2 aliphatic heterocycles. The highest BCUT2D eigenvalue weighted by Gasteiger charge is 2.32. The number of hydrogen-bond donors (Lipinski definition) is 1. The van der Waals surface area contributed by atoms with E-state index in [1.807, 2.05) is 22.9 Å². The number of anilines is 1. The molecule has 1 aromatic carbocycles. The Morgan fingerprint density at radius 2 is 2.22 bits per heavy atom. The molecule has 1 amide bonds. The van der Waals surface area contributed by atoms with Crippen LogP contribution >= 0.6 is 0 Å². The van der Waals surface area contributed by atoms with Crippen LogP contribution in [0.25, 0.3) is 0 Å². The Balaban J connectivity index is 1.57. The van der Waals surface area contributed by atoms with E-state index < -0.39 is 0 Å². The van der Waals surface area contributed by atoms with Gasteiger partial charge in [0.2, 0.25) is 5.82 Å². The summed E-state index contributed by atoms with van der Waals surface area (Å²) in [5, 5.41) is 7.81. The largest absolute Gasteiger partial charge is 0.315 e. The summed E-state index contributed by atoms with van der Waals surface area (Å²) in [6.07, 6.45) is 3.90. The monoisotopic (exact) mass is 311 g/mol. The van der Waals surface area contributed by atoms with E-state index in [1.165, 1.54) is 5.56 Å². The lowest BCUT2D eigenvalue weighted by molar-refractivity contribution is 0.0977. The van der Waals surface area contributed by atoms with Crippen LogP contribution in [0.2, 0.25) is 0 Å². The van der Waals surface area contributed by atoms with Crippen LogP contribution in [0.3, 0.4) is 0 Å². The third-order valence-corrected chi connectivity index (χ3v) is 4.80. The molecule has 0 spiro atoms. The average molecular weight is 311 g/mol. The lowest BCUT2D eigenvalue weighted by atomic mass is 10.0. The normalized spacial score (nSPS) is 23.8. The third kappa shape index (κ3) is 2.53. The molecule has 23 heavy (non-hydrogen) atoms. The molecule has 0 saturated carbocycles. The Labute approximate surface area is 135 Å². The molecule has 1 aromatic heterocycles. The van der Waals surface area contributed by atoms with Gasteiger partial charge in [-0.3, -0.25) is 4.79 Å². The molecule has 1 N–H and O–H groups in total. The zero-order valence-corrected chi connectivity index (χ0v) is 13.3. The molecule has 2 aromatic rings. The zero-order chi connectivity index (χ0) is 15.8. The number of carbonyl (C=O) groups excluding carboxylic acids is 1. The summed E-state index contributed by atoms with van der Waals surface area (Å²) < 4.78 is 1.84. The molecule has 2 aliphatic rings. The summed E-state index contributed by atoms with van der Waals surface area (Å²) in [7, 11) is 0. The second-order valence-corrected chi connectivity index (χ2v) is 6.42. The quantitative estimate of drug-likeness (QED) is 0.921. The van der Waals surface area contributed by atoms with Gasteiger partial charge in [0, 0.05) is 24.7 Å². The van der Waals surface area contributed by atoms with Gasteiger partial charge in [-0.05, 0) is 31.0 Å². The summed E-state index contributed by atoms with van der Waals surface area (Å²) in [6.45, 7) is 4.78. The van der Waals surface area contributed by atoms with Crippen molar-refractivity contribution in [3.63, 3.8) is 0 Å². The first-order valence-corrected chi connectivity index (χ1v) is 8.26. The Kier molecular flexibility index (Phi) is 3.61. The summed E-state index contributed by atoms with van der Waals surface area (Å²) in [5.74, 6) is 0.531. The number of nitrogens with one attached hydrogen (secondary N) is 1. The molecule has 2 atom stereocenters. The number of piperidine rings is 1. The van der Waals surface area contributed by atoms with Crippen LogP contribution in [-0.2, 0) is 0 Å². The predicted molar refractivity (Wildman–Crippen MR) is 87.7 cm³/mol. The number of nitrogens with zero attached hydrogens (tertiary/aromatic N) is 4. The van der Waals surface area contributed by atoms with E-state index in [2.05, 4.69) is 28.4 Å². The molecule has 6 nitrogen and oxygen atoms in total. The van der Waals surface area contributed by atoms with Gasteiger partial charge >= 0.3 is 0 Å². The second kappa shape index (κ2) is 5.77. The molecule has 1 saturated heterocycles. The molecule has 3 heterocycles. The number of fused-ring (bicyclic) bond motifs is 1. The van der Waals surface area contributed by atoms with Crippen molar-refractivity contribution in [2.24, 2.45) is 0 Å². The van der Waals surface area contributed by atoms with Crippen molar-refractivity contribution >= 4 is 11.6 Å². The number of carbonyl (C=O) groups is 1. The first-order chi connectivity index (χ1) is 11.2. The summed E-state index contributed by atoms with van der Waals surface area (Å²) in [4.78, 5) is 18.9. The molecule has 6 heteroatoms. The third-order valence-electron chi connectivity index (χ3n) is 4.80. The maximum absolute atomic E-state index is 12.8. The van der Waals surface area contributed by atoms with E-state index in [0.717, 1.165) is 31.6 Å². The van der Waals surface area contributed by atoms with Gasteiger partial charge in [-0.2, -0.15) is 0 Å². The number of para-hydroxylation sites is 1. The second-order valence-electron chi connectivity index (χ2n) is 6.42. The van der Waals surface area contributed by atoms with Gasteiger partial charge in [-0.15, -0.1) is 5.10 Å². The minimum absolute atomic E-state index is 0.107. The summed E-state index contributed by atoms with van der Waals surface area (Å²) >= 11 is 0. The van der Waals surface area contributed by atoms with Gasteiger partial charge in [0.25, 0.3) is 5.91 Å². The van der Waals surface area contributed by atoms with E-state index in [-0.39, 0.29) is 5.91 Å². The average Bonchev–Trinajstić information content (AvgIpc) is 3.21. The van der Waals surface area contributed by atoms with Crippen molar-refractivity contribution < 1.29 is 4.79 Å².